The summed E-state index contributed by atoms with van der Waals surface area (Å²) in [4.78, 5) is 12.7. The van der Waals surface area contributed by atoms with Gasteiger partial charge in [-0.15, -0.1) is 0 Å². The Balaban J connectivity index is 1.45. The average Bonchev–Trinajstić information content (AvgIpc) is 2.70. The molecule has 2 aromatic rings. The van der Waals surface area contributed by atoms with Gasteiger partial charge in [0.05, 0.1) is 13.2 Å². The molecule has 0 saturated carbocycles. The topological polar surface area (TPSA) is 56.8 Å². The van der Waals surface area contributed by atoms with Gasteiger partial charge in [-0.25, -0.2) is 0 Å². The van der Waals surface area contributed by atoms with E-state index in [1.165, 1.54) is 24.0 Å². The SMILES string of the molecule is COc1ccc2c(c1)OC(C)(C)C[C@@H]2NC(=O)COc1cccc2c1CCCC2. The summed E-state index contributed by atoms with van der Waals surface area (Å²) in [6.45, 7) is 4.07. The molecular formula is C24H29NO4. The van der Waals surface area contributed by atoms with E-state index in [2.05, 4.69) is 11.4 Å². The van der Waals surface area contributed by atoms with Crippen molar-refractivity contribution in [2.24, 2.45) is 0 Å². The van der Waals surface area contributed by atoms with E-state index < -0.39 is 0 Å². The van der Waals surface area contributed by atoms with Crippen LogP contribution in [0, 0.1) is 0 Å². The van der Waals surface area contributed by atoms with Crippen LogP contribution in [0.25, 0.3) is 0 Å². The summed E-state index contributed by atoms with van der Waals surface area (Å²) in [5.74, 6) is 2.21. The van der Waals surface area contributed by atoms with E-state index in [0.717, 1.165) is 35.7 Å². The standard InChI is InChI=1S/C24H29NO4/c1-24(2)14-20(19-12-11-17(27-3)13-22(19)29-24)25-23(26)15-28-21-10-6-8-16-7-4-5-9-18(16)21/h6,8,10-13,20H,4-5,7,9,14-15H2,1-3H3,(H,25,26)/t20-/m0/s1. The van der Waals surface area contributed by atoms with Crippen LogP contribution < -0.4 is 19.5 Å². The highest BCUT2D eigenvalue weighted by Gasteiger charge is 2.34. The number of amides is 1. The van der Waals surface area contributed by atoms with Gasteiger partial charge in [0.1, 0.15) is 22.8 Å². The van der Waals surface area contributed by atoms with E-state index in [4.69, 9.17) is 14.2 Å². The van der Waals surface area contributed by atoms with Crippen LogP contribution in [0.2, 0.25) is 0 Å². The number of methoxy groups -OCH3 is 1. The molecule has 0 spiro atoms. The fourth-order valence-corrected chi connectivity index (χ4v) is 4.35. The van der Waals surface area contributed by atoms with Gasteiger partial charge in [0, 0.05) is 18.1 Å². The lowest BCUT2D eigenvalue weighted by atomic mass is 9.89. The number of benzene rings is 2. The van der Waals surface area contributed by atoms with Gasteiger partial charge in [-0.1, -0.05) is 12.1 Å². The molecular weight excluding hydrogens is 366 g/mol. The number of ether oxygens (including phenoxy) is 3. The highest BCUT2D eigenvalue weighted by atomic mass is 16.5. The zero-order valence-electron chi connectivity index (χ0n) is 17.4. The van der Waals surface area contributed by atoms with Crippen molar-refractivity contribution in [1.82, 2.24) is 5.32 Å². The van der Waals surface area contributed by atoms with E-state index in [-0.39, 0.29) is 24.2 Å². The first-order valence-electron chi connectivity index (χ1n) is 10.3. The van der Waals surface area contributed by atoms with Crippen LogP contribution in [0.5, 0.6) is 17.2 Å². The smallest absolute Gasteiger partial charge is 0.258 e. The summed E-state index contributed by atoms with van der Waals surface area (Å²) < 4.78 is 17.3. The number of rotatable bonds is 5. The van der Waals surface area contributed by atoms with E-state index in [0.29, 0.717) is 6.42 Å². The van der Waals surface area contributed by atoms with Crippen LogP contribution in [0.15, 0.2) is 36.4 Å². The largest absolute Gasteiger partial charge is 0.497 e. The average molecular weight is 395 g/mol. The van der Waals surface area contributed by atoms with Crippen LogP contribution in [0.1, 0.15) is 55.8 Å². The van der Waals surface area contributed by atoms with Gasteiger partial charge < -0.3 is 19.5 Å². The Bertz CT molecular complexity index is 906. The molecule has 0 unspecified atom stereocenters. The molecule has 2 aromatic carbocycles. The number of nitrogens with one attached hydrogen (secondary N) is 1. The van der Waals surface area contributed by atoms with Gasteiger partial charge in [0.25, 0.3) is 5.91 Å². The van der Waals surface area contributed by atoms with Crippen LogP contribution in [-0.4, -0.2) is 25.2 Å². The van der Waals surface area contributed by atoms with Gasteiger partial charge in [0.2, 0.25) is 0 Å². The number of hydrogen-bond donors (Lipinski definition) is 1. The fraction of sp³-hybridized carbons (Fsp3) is 0.458. The number of carbonyl (C=O) groups is 1. The number of hydrogen-bond acceptors (Lipinski definition) is 4. The molecule has 1 N–H and O–H groups in total. The second-order valence-electron chi connectivity index (χ2n) is 8.48. The third-order valence-electron chi connectivity index (χ3n) is 5.73. The molecule has 154 valence electrons. The Labute approximate surface area is 172 Å². The van der Waals surface area contributed by atoms with Crippen LogP contribution in [0.4, 0.5) is 0 Å². The predicted molar refractivity (Wildman–Crippen MR) is 112 cm³/mol. The van der Waals surface area contributed by atoms with E-state index >= 15 is 0 Å². The molecule has 4 rings (SSSR count). The second-order valence-corrected chi connectivity index (χ2v) is 8.48. The molecule has 0 aromatic heterocycles. The maximum absolute atomic E-state index is 12.7. The van der Waals surface area contributed by atoms with Crippen molar-refractivity contribution in [2.45, 2.75) is 57.6 Å². The molecule has 1 heterocycles. The summed E-state index contributed by atoms with van der Waals surface area (Å²) in [7, 11) is 1.63. The Morgan fingerprint density at radius 1 is 1.21 bits per heavy atom. The maximum atomic E-state index is 12.7. The Kier molecular flexibility index (Phi) is 5.39. The highest BCUT2D eigenvalue weighted by Crippen LogP contribution is 2.41. The van der Waals surface area contributed by atoms with Crippen molar-refractivity contribution >= 4 is 5.91 Å². The van der Waals surface area contributed by atoms with Crippen LogP contribution >= 0.6 is 0 Å². The minimum Gasteiger partial charge on any atom is -0.497 e. The van der Waals surface area contributed by atoms with Crippen LogP contribution in [-0.2, 0) is 17.6 Å². The molecule has 1 atom stereocenters. The summed E-state index contributed by atoms with van der Waals surface area (Å²) >= 11 is 0. The molecule has 0 bridgehead atoms. The third kappa shape index (κ3) is 4.34. The molecule has 1 aliphatic heterocycles. The molecule has 2 aliphatic rings. The third-order valence-corrected chi connectivity index (χ3v) is 5.73. The van der Waals surface area contributed by atoms with Gasteiger partial charge in [-0.3, -0.25) is 4.79 Å². The quantitative estimate of drug-likeness (QED) is 0.817. The monoisotopic (exact) mass is 395 g/mol. The summed E-state index contributed by atoms with van der Waals surface area (Å²) in [5, 5.41) is 3.13. The first kappa shape index (κ1) is 19.6. The van der Waals surface area contributed by atoms with Crippen molar-refractivity contribution in [1.29, 1.82) is 0 Å². The maximum Gasteiger partial charge on any atom is 0.258 e. The first-order valence-corrected chi connectivity index (χ1v) is 10.3. The molecule has 0 saturated heterocycles. The highest BCUT2D eigenvalue weighted by molar-refractivity contribution is 5.78. The lowest BCUT2D eigenvalue weighted by Gasteiger charge is -2.38. The Morgan fingerprint density at radius 3 is 2.86 bits per heavy atom. The van der Waals surface area contributed by atoms with Gasteiger partial charge >= 0.3 is 0 Å². The van der Waals surface area contributed by atoms with Crippen molar-refractivity contribution in [2.75, 3.05) is 13.7 Å². The molecule has 0 radical (unpaired) electrons. The Hall–Kier alpha value is -2.69. The zero-order valence-corrected chi connectivity index (χ0v) is 17.4. The van der Waals surface area contributed by atoms with Crippen molar-refractivity contribution in [3.63, 3.8) is 0 Å². The minimum atomic E-state index is -0.378. The predicted octanol–water partition coefficient (Wildman–Crippen LogP) is 4.37. The number of fused-ring (bicyclic) bond motifs is 2. The minimum absolute atomic E-state index is 0.0136. The van der Waals surface area contributed by atoms with E-state index in [1.54, 1.807) is 7.11 Å². The van der Waals surface area contributed by atoms with Crippen molar-refractivity contribution in [3.8, 4) is 17.2 Å². The second kappa shape index (κ2) is 7.97. The lowest BCUT2D eigenvalue weighted by Crippen LogP contribution is -2.42. The molecule has 5 nitrogen and oxygen atoms in total. The number of aryl methyl sites for hydroxylation is 1. The zero-order chi connectivity index (χ0) is 20.4. The van der Waals surface area contributed by atoms with Gasteiger partial charge in [0.15, 0.2) is 6.61 Å². The molecule has 5 heteroatoms. The first-order chi connectivity index (χ1) is 13.9. The lowest BCUT2D eigenvalue weighted by molar-refractivity contribution is -0.124. The molecule has 0 fully saturated rings. The van der Waals surface area contributed by atoms with Gasteiger partial charge in [-0.05, 0) is 68.9 Å². The van der Waals surface area contributed by atoms with E-state index in [1.807, 2.05) is 44.2 Å². The Morgan fingerprint density at radius 2 is 2.03 bits per heavy atom. The molecule has 1 amide bonds. The van der Waals surface area contributed by atoms with Gasteiger partial charge in [-0.2, -0.15) is 0 Å². The summed E-state index contributed by atoms with van der Waals surface area (Å²) in [6.07, 6.45) is 5.21. The van der Waals surface area contributed by atoms with Crippen molar-refractivity contribution in [3.05, 3.63) is 53.1 Å². The van der Waals surface area contributed by atoms with Crippen molar-refractivity contribution < 1.29 is 19.0 Å². The molecule has 1 aliphatic carbocycles. The summed E-state index contributed by atoms with van der Waals surface area (Å²) in [5.41, 5.74) is 3.20. The fourth-order valence-electron chi connectivity index (χ4n) is 4.35. The summed E-state index contributed by atoms with van der Waals surface area (Å²) in [6, 6.07) is 11.8. The normalized spacial score (nSPS) is 19.3. The molecule has 29 heavy (non-hydrogen) atoms. The van der Waals surface area contributed by atoms with Crippen LogP contribution in [0.3, 0.4) is 0 Å². The number of carbonyl (C=O) groups excluding carboxylic acids is 1. The van der Waals surface area contributed by atoms with E-state index in [9.17, 15) is 4.79 Å².